The molecular formula is C10H11NO3S. The largest absolute Gasteiger partial charge is 0.270 e. The summed E-state index contributed by atoms with van der Waals surface area (Å²) in [5.74, 6) is 0. The number of hydrogen-bond donors (Lipinski definition) is 0. The predicted molar refractivity (Wildman–Crippen MR) is 57.2 cm³/mol. The third-order valence-corrected chi connectivity index (χ3v) is 2.35. The Bertz CT molecular complexity index is 456. The van der Waals surface area contributed by atoms with E-state index in [-0.39, 0.29) is 6.61 Å². The molecule has 0 unspecified atom stereocenters. The van der Waals surface area contributed by atoms with E-state index in [0.717, 1.165) is 11.8 Å². The molecular weight excluding hydrogens is 214 g/mol. The number of hydrogen-bond acceptors (Lipinski definition) is 3. The molecule has 0 atom stereocenters. The number of rotatable bonds is 4. The fourth-order valence-electron chi connectivity index (χ4n) is 1.05. The highest BCUT2D eigenvalue weighted by Gasteiger charge is 2.01. The van der Waals surface area contributed by atoms with Crippen molar-refractivity contribution < 1.29 is 12.6 Å². The minimum absolute atomic E-state index is 0.135. The quantitative estimate of drug-likeness (QED) is 0.579. The first kappa shape index (κ1) is 11.7. The van der Waals surface area contributed by atoms with Crippen molar-refractivity contribution in [2.75, 3.05) is 12.9 Å². The minimum Gasteiger partial charge on any atom is -0.270 e. The van der Waals surface area contributed by atoms with Gasteiger partial charge in [-0.05, 0) is 12.0 Å². The molecule has 0 aliphatic rings. The molecule has 0 saturated carbocycles. The van der Waals surface area contributed by atoms with Gasteiger partial charge < -0.3 is 0 Å². The highest BCUT2D eigenvalue weighted by molar-refractivity contribution is 7.85. The van der Waals surface area contributed by atoms with Gasteiger partial charge in [-0.15, -0.1) is 0 Å². The van der Waals surface area contributed by atoms with Crippen LogP contribution in [0.25, 0.3) is 4.85 Å². The van der Waals surface area contributed by atoms with E-state index in [1.165, 1.54) is 0 Å². The van der Waals surface area contributed by atoms with E-state index in [2.05, 4.69) is 9.03 Å². The van der Waals surface area contributed by atoms with Crippen LogP contribution in [0.4, 0.5) is 5.69 Å². The molecule has 1 aromatic carbocycles. The van der Waals surface area contributed by atoms with Crippen molar-refractivity contribution in [2.24, 2.45) is 0 Å². The van der Waals surface area contributed by atoms with Gasteiger partial charge in [0.05, 0.1) is 19.4 Å². The Morgan fingerprint density at radius 2 is 1.93 bits per heavy atom. The van der Waals surface area contributed by atoms with E-state index in [1.54, 1.807) is 24.3 Å². The predicted octanol–water partition coefficient (Wildman–Crippen LogP) is 1.76. The normalized spacial score (nSPS) is 10.9. The molecule has 0 radical (unpaired) electrons. The number of benzene rings is 1. The Labute approximate surface area is 89.4 Å². The molecule has 5 heteroatoms. The zero-order valence-electron chi connectivity index (χ0n) is 8.30. The minimum atomic E-state index is -3.36. The van der Waals surface area contributed by atoms with Crippen molar-refractivity contribution in [1.82, 2.24) is 0 Å². The molecule has 0 aliphatic carbocycles. The zero-order valence-corrected chi connectivity index (χ0v) is 9.12. The molecule has 0 aliphatic heterocycles. The molecule has 80 valence electrons. The molecule has 0 amide bonds. The van der Waals surface area contributed by atoms with Crippen molar-refractivity contribution in [2.45, 2.75) is 6.42 Å². The van der Waals surface area contributed by atoms with Crippen molar-refractivity contribution in [3.05, 3.63) is 41.2 Å². The third-order valence-electron chi connectivity index (χ3n) is 1.75. The van der Waals surface area contributed by atoms with Crippen LogP contribution in [0.3, 0.4) is 0 Å². The van der Waals surface area contributed by atoms with Crippen molar-refractivity contribution in [3.63, 3.8) is 0 Å². The van der Waals surface area contributed by atoms with Gasteiger partial charge >= 0.3 is 0 Å². The summed E-state index contributed by atoms with van der Waals surface area (Å²) in [6.07, 6.45) is 1.54. The first-order chi connectivity index (χ1) is 7.01. The summed E-state index contributed by atoms with van der Waals surface area (Å²) >= 11 is 0. The highest BCUT2D eigenvalue weighted by Crippen LogP contribution is 2.12. The molecule has 0 bridgehead atoms. The average Bonchev–Trinajstić information content (AvgIpc) is 2.17. The van der Waals surface area contributed by atoms with E-state index in [0.29, 0.717) is 12.1 Å². The Morgan fingerprint density at radius 1 is 1.33 bits per heavy atom. The van der Waals surface area contributed by atoms with Crippen LogP contribution < -0.4 is 0 Å². The van der Waals surface area contributed by atoms with Gasteiger partial charge in [-0.1, -0.05) is 24.3 Å². The van der Waals surface area contributed by atoms with Crippen LogP contribution in [-0.2, 0) is 20.7 Å². The van der Waals surface area contributed by atoms with E-state index >= 15 is 0 Å². The third kappa shape index (κ3) is 4.58. The van der Waals surface area contributed by atoms with Crippen molar-refractivity contribution in [3.8, 4) is 0 Å². The van der Waals surface area contributed by atoms with Crippen LogP contribution in [0.15, 0.2) is 24.3 Å². The van der Waals surface area contributed by atoms with E-state index in [1.807, 2.05) is 0 Å². The van der Waals surface area contributed by atoms with Crippen LogP contribution in [0.1, 0.15) is 5.56 Å². The monoisotopic (exact) mass is 225 g/mol. The van der Waals surface area contributed by atoms with Gasteiger partial charge in [-0.2, -0.15) is 8.42 Å². The Kier molecular flexibility index (Phi) is 3.83. The fourth-order valence-corrected chi connectivity index (χ4v) is 1.43. The van der Waals surface area contributed by atoms with Gasteiger partial charge in [0.1, 0.15) is 0 Å². The lowest BCUT2D eigenvalue weighted by Crippen LogP contribution is -2.05. The number of nitrogens with zero attached hydrogens (tertiary/aromatic N) is 1. The SMILES string of the molecule is [C-]#[N+]c1ccc(CCOS(C)(=O)=O)cc1. The maximum atomic E-state index is 10.7. The summed E-state index contributed by atoms with van der Waals surface area (Å²) in [6, 6.07) is 6.98. The molecule has 0 saturated heterocycles. The van der Waals surface area contributed by atoms with Gasteiger partial charge in [0.25, 0.3) is 10.1 Å². The van der Waals surface area contributed by atoms with E-state index in [4.69, 9.17) is 6.57 Å². The zero-order chi connectivity index (χ0) is 11.3. The average molecular weight is 225 g/mol. The Morgan fingerprint density at radius 3 is 2.40 bits per heavy atom. The first-order valence-electron chi connectivity index (χ1n) is 4.32. The second kappa shape index (κ2) is 4.91. The van der Waals surface area contributed by atoms with Gasteiger partial charge in [0, 0.05) is 0 Å². The van der Waals surface area contributed by atoms with Crippen LogP contribution in [0.2, 0.25) is 0 Å². The molecule has 0 aromatic heterocycles. The summed E-state index contributed by atoms with van der Waals surface area (Å²) in [7, 11) is -3.36. The summed E-state index contributed by atoms with van der Waals surface area (Å²) in [6.45, 7) is 6.89. The molecule has 0 N–H and O–H groups in total. The van der Waals surface area contributed by atoms with Crippen LogP contribution in [0.5, 0.6) is 0 Å². The second-order valence-electron chi connectivity index (χ2n) is 3.05. The maximum absolute atomic E-state index is 10.7. The molecule has 0 heterocycles. The lowest BCUT2D eigenvalue weighted by molar-refractivity contribution is 0.326. The Hall–Kier alpha value is -1.38. The van der Waals surface area contributed by atoms with Crippen molar-refractivity contribution in [1.29, 1.82) is 0 Å². The lowest BCUT2D eigenvalue weighted by atomic mass is 10.1. The summed E-state index contributed by atoms with van der Waals surface area (Å²) < 4.78 is 25.9. The lowest BCUT2D eigenvalue weighted by Gasteiger charge is -2.01. The van der Waals surface area contributed by atoms with Gasteiger partial charge in [0.2, 0.25) is 0 Å². The molecule has 4 nitrogen and oxygen atoms in total. The van der Waals surface area contributed by atoms with Crippen LogP contribution >= 0.6 is 0 Å². The van der Waals surface area contributed by atoms with Crippen LogP contribution in [0, 0.1) is 6.57 Å². The van der Waals surface area contributed by atoms with E-state index in [9.17, 15) is 8.42 Å². The fraction of sp³-hybridized carbons (Fsp3) is 0.300. The molecule has 0 spiro atoms. The first-order valence-corrected chi connectivity index (χ1v) is 6.14. The van der Waals surface area contributed by atoms with E-state index < -0.39 is 10.1 Å². The molecule has 0 fully saturated rings. The second-order valence-corrected chi connectivity index (χ2v) is 4.70. The molecule has 15 heavy (non-hydrogen) atoms. The van der Waals surface area contributed by atoms with Crippen LogP contribution in [-0.4, -0.2) is 21.3 Å². The maximum Gasteiger partial charge on any atom is 0.264 e. The smallest absolute Gasteiger partial charge is 0.264 e. The van der Waals surface area contributed by atoms with Gasteiger partial charge in [-0.25, -0.2) is 4.85 Å². The highest BCUT2D eigenvalue weighted by atomic mass is 32.2. The standard InChI is InChI=1S/C10H11NO3S/c1-11-10-5-3-9(4-6-10)7-8-14-15(2,12)13/h3-6H,7-8H2,2H3. The Balaban J connectivity index is 2.49. The summed E-state index contributed by atoms with van der Waals surface area (Å²) in [5, 5.41) is 0. The summed E-state index contributed by atoms with van der Waals surface area (Å²) in [4.78, 5) is 3.25. The molecule has 1 aromatic rings. The van der Waals surface area contributed by atoms with Gasteiger partial charge in [0.15, 0.2) is 5.69 Å². The van der Waals surface area contributed by atoms with Gasteiger partial charge in [-0.3, -0.25) is 4.18 Å². The van der Waals surface area contributed by atoms with Crippen molar-refractivity contribution >= 4 is 15.8 Å². The topological polar surface area (TPSA) is 47.7 Å². The molecule has 1 rings (SSSR count). The summed E-state index contributed by atoms with van der Waals surface area (Å²) in [5.41, 5.74) is 1.52.